The molecule has 1 fully saturated rings. The van der Waals surface area contributed by atoms with Gasteiger partial charge in [0.1, 0.15) is 0 Å². The van der Waals surface area contributed by atoms with Gasteiger partial charge in [-0.25, -0.2) is 0 Å². The highest BCUT2D eigenvalue weighted by molar-refractivity contribution is 5.75. The SMILES string of the molecule is CC1COC(CN)CN1CC(N)=O. The summed E-state index contributed by atoms with van der Waals surface area (Å²) in [7, 11) is 0. The first kappa shape index (κ1) is 10.4. The van der Waals surface area contributed by atoms with Crippen molar-refractivity contribution in [3.8, 4) is 0 Å². The summed E-state index contributed by atoms with van der Waals surface area (Å²) < 4.78 is 5.43. The van der Waals surface area contributed by atoms with Crippen LogP contribution in [0.4, 0.5) is 0 Å². The Balaban J connectivity index is 2.44. The normalized spacial score (nSPS) is 30.3. The van der Waals surface area contributed by atoms with Gasteiger partial charge >= 0.3 is 0 Å². The molecule has 0 aromatic rings. The molecule has 1 rings (SSSR count). The minimum Gasteiger partial charge on any atom is -0.374 e. The van der Waals surface area contributed by atoms with Gasteiger partial charge in [0.2, 0.25) is 5.91 Å². The second kappa shape index (κ2) is 4.55. The lowest BCUT2D eigenvalue weighted by Crippen LogP contribution is -2.52. The van der Waals surface area contributed by atoms with Crippen molar-refractivity contribution in [3.63, 3.8) is 0 Å². The minimum absolute atomic E-state index is 0.0375. The maximum Gasteiger partial charge on any atom is 0.231 e. The molecule has 1 amide bonds. The molecule has 2 unspecified atom stereocenters. The van der Waals surface area contributed by atoms with Gasteiger partial charge in [-0.05, 0) is 6.92 Å². The van der Waals surface area contributed by atoms with Crippen molar-refractivity contribution in [1.29, 1.82) is 0 Å². The predicted octanol–water partition coefficient (Wildman–Crippen LogP) is -1.48. The minimum atomic E-state index is -0.301. The van der Waals surface area contributed by atoms with Crippen LogP contribution in [-0.2, 0) is 9.53 Å². The summed E-state index contributed by atoms with van der Waals surface area (Å²) in [5, 5.41) is 0. The van der Waals surface area contributed by atoms with Crippen LogP contribution in [0.5, 0.6) is 0 Å². The molecule has 1 heterocycles. The Bertz CT molecular complexity index is 186. The van der Waals surface area contributed by atoms with Crippen molar-refractivity contribution in [3.05, 3.63) is 0 Å². The van der Waals surface area contributed by atoms with E-state index in [4.69, 9.17) is 16.2 Å². The Labute approximate surface area is 78.0 Å². The number of rotatable bonds is 3. The molecular formula is C8H17N3O2. The largest absolute Gasteiger partial charge is 0.374 e. The van der Waals surface area contributed by atoms with Gasteiger partial charge in [0.25, 0.3) is 0 Å². The molecule has 0 aromatic heterocycles. The van der Waals surface area contributed by atoms with Crippen LogP contribution in [0.15, 0.2) is 0 Å². The molecule has 5 nitrogen and oxygen atoms in total. The van der Waals surface area contributed by atoms with E-state index in [2.05, 4.69) is 0 Å². The smallest absolute Gasteiger partial charge is 0.231 e. The van der Waals surface area contributed by atoms with E-state index in [1.165, 1.54) is 0 Å². The summed E-state index contributed by atoms with van der Waals surface area (Å²) in [5.74, 6) is -0.301. The molecule has 0 aliphatic carbocycles. The van der Waals surface area contributed by atoms with Crippen LogP contribution in [0, 0.1) is 0 Å². The summed E-state index contributed by atoms with van der Waals surface area (Å²) in [5.41, 5.74) is 10.6. The summed E-state index contributed by atoms with van der Waals surface area (Å²) in [4.78, 5) is 12.7. The molecule has 0 spiro atoms. The van der Waals surface area contributed by atoms with E-state index in [0.29, 0.717) is 26.2 Å². The number of hydrogen-bond acceptors (Lipinski definition) is 4. The zero-order valence-corrected chi connectivity index (χ0v) is 7.90. The standard InChI is InChI=1S/C8H17N3O2/c1-6-5-13-7(2-9)3-11(6)4-8(10)12/h6-7H,2-5,9H2,1H3,(H2,10,12). The molecule has 0 bridgehead atoms. The number of ether oxygens (including phenoxy) is 1. The Morgan fingerprint density at radius 1 is 1.69 bits per heavy atom. The van der Waals surface area contributed by atoms with Crippen LogP contribution >= 0.6 is 0 Å². The Morgan fingerprint density at radius 3 is 2.92 bits per heavy atom. The molecule has 1 aliphatic heterocycles. The van der Waals surface area contributed by atoms with Crippen LogP contribution < -0.4 is 11.5 Å². The molecule has 13 heavy (non-hydrogen) atoms. The number of nitrogens with two attached hydrogens (primary N) is 2. The highest BCUT2D eigenvalue weighted by Crippen LogP contribution is 2.09. The number of carbonyl (C=O) groups is 1. The fourth-order valence-electron chi connectivity index (χ4n) is 1.44. The molecular weight excluding hydrogens is 170 g/mol. The average Bonchev–Trinajstić information content (AvgIpc) is 2.08. The van der Waals surface area contributed by atoms with E-state index in [1.54, 1.807) is 0 Å². The second-order valence-corrected chi connectivity index (χ2v) is 3.44. The van der Waals surface area contributed by atoms with Gasteiger partial charge in [-0.15, -0.1) is 0 Å². The third-order valence-electron chi connectivity index (χ3n) is 2.26. The molecule has 0 saturated carbocycles. The van der Waals surface area contributed by atoms with E-state index in [9.17, 15) is 4.79 Å². The number of amides is 1. The molecule has 5 heteroatoms. The quantitative estimate of drug-likeness (QED) is 0.564. The van der Waals surface area contributed by atoms with Gasteiger partial charge in [0, 0.05) is 19.1 Å². The first-order valence-electron chi connectivity index (χ1n) is 4.47. The molecule has 76 valence electrons. The molecule has 0 radical (unpaired) electrons. The monoisotopic (exact) mass is 187 g/mol. The highest BCUT2D eigenvalue weighted by Gasteiger charge is 2.25. The van der Waals surface area contributed by atoms with Crippen molar-refractivity contribution in [1.82, 2.24) is 4.90 Å². The molecule has 1 aliphatic rings. The van der Waals surface area contributed by atoms with Crippen molar-refractivity contribution in [2.24, 2.45) is 11.5 Å². The van der Waals surface area contributed by atoms with Crippen molar-refractivity contribution in [2.75, 3.05) is 26.2 Å². The van der Waals surface area contributed by atoms with Gasteiger partial charge in [-0.2, -0.15) is 0 Å². The fourth-order valence-corrected chi connectivity index (χ4v) is 1.44. The van der Waals surface area contributed by atoms with E-state index >= 15 is 0 Å². The fraction of sp³-hybridized carbons (Fsp3) is 0.875. The topological polar surface area (TPSA) is 81.6 Å². The number of hydrogen-bond donors (Lipinski definition) is 2. The first-order valence-corrected chi connectivity index (χ1v) is 4.47. The highest BCUT2D eigenvalue weighted by atomic mass is 16.5. The van der Waals surface area contributed by atoms with Crippen molar-refractivity contribution < 1.29 is 9.53 Å². The number of morpholine rings is 1. The van der Waals surface area contributed by atoms with E-state index in [-0.39, 0.29) is 18.1 Å². The van der Waals surface area contributed by atoms with Gasteiger partial charge < -0.3 is 16.2 Å². The van der Waals surface area contributed by atoms with E-state index < -0.39 is 0 Å². The van der Waals surface area contributed by atoms with Crippen LogP contribution in [0.1, 0.15) is 6.92 Å². The van der Waals surface area contributed by atoms with E-state index in [1.807, 2.05) is 11.8 Å². The van der Waals surface area contributed by atoms with Crippen LogP contribution in [-0.4, -0.2) is 49.2 Å². The number of carbonyl (C=O) groups excluding carboxylic acids is 1. The second-order valence-electron chi connectivity index (χ2n) is 3.44. The third-order valence-corrected chi connectivity index (χ3v) is 2.26. The summed E-state index contributed by atoms with van der Waals surface area (Å²) >= 11 is 0. The molecule has 4 N–H and O–H groups in total. The van der Waals surface area contributed by atoms with Crippen molar-refractivity contribution >= 4 is 5.91 Å². The van der Waals surface area contributed by atoms with Crippen LogP contribution in [0.2, 0.25) is 0 Å². The van der Waals surface area contributed by atoms with Gasteiger partial charge in [-0.3, -0.25) is 9.69 Å². The summed E-state index contributed by atoms with van der Waals surface area (Å²) in [6, 6.07) is 0.246. The molecule has 1 saturated heterocycles. The Hall–Kier alpha value is -0.650. The maximum atomic E-state index is 10.7. The summed E-state index contributed by atoms with van der Waals surface area (Å²) in [6.45, 7) is 4.11. The lowest BCUT2D eigenvalue weighted by molar-refractivity contribution is -0.123. The van der Waals surface area contributed by atoms with E-state index in [0.717, 1.165) is 0 Å². The molecule has 0 aromatic carbocycles. The zero-order valence-electron chi connectivity index (χ0n) is 7.90. The zero-order chi connectivity index (χ0) is 9.84. The van der Waals surface area contributed by atoms with Gasteiger partial charge in [0.15, 0.2) is 0 Å². The average molecular weight is 187 g/mol. The lowest BCUT2D eigenvalue weighted by atomic mass is 10.2. The maximum absolute atomic E-state index is 10.7. The van der Waals surface area contributed by atoms with Crippen LogP contribution in [0.3, 0.4) is 0 Å². The Kier molecular flexibility index (Phi) is 3.65. The van der Waals surface area contributed by atoms with Gasteiger partial charge in [0.05, 0.1) is 19.3 Å². The first-order chi connectivity index (χ1) is 6.13. The number of primary amides is 1. The lowest BCUT2D eigenvalue weighted by Gasteiger charge is -2.36. The van der Waals surface area contributed by atoms with Crippen LogP contribution in [0.25, 0.3) is 0 Å². The predicted molar refractivity (Wildman–Crippen MR) is 49.0 cm³/mol. The van der Waals surface area contributed by atoms with Crippen molar-refractivity contribution in [2.45, 2.75) is 19.1 Å². The molecule has 2 atom stereocenters. The van der Waals surface area contributed by atoms with Gasteiger partial charge in [-0.1, -0.05) is 0 Å². The third kappa shape index (κ3) is 2.95. The summed E-state index contributed by atoms with van der Waals surface area (Å²) in [6.07, 6.45) is 0.0375. The number of nitrogens with zero attached hydrogens (tertiary/aromatic N) is 1. The Morgan fingerprint density at radius 2 is 2.38 bits per heavy atom.